The van der Waals surface area contributed by atoms with Crippen molar-refractivity contribution in [2.75, 3.05) is 0 Å². The average Bonchev–Trinajstić information content (AvgIpc) is 3.21. The summed E-state index contributed by atoms with van der Waals surface area (Å²) >= 11 is 1.15. The van der Waals surface area contributed by atoms with E-state index in [1.165, 1.54) is 12.4 Å². The van der Waals surface area contributed by atoms with E-state index in [-0.39, 0.29) is 0 Å². The molecule has 0 amide bonds. The Kier molecular flexibility index (Phi) is 5.19. The number of benzene rings is 3. The molecule has 0 fully saturated rings. The van der Waals surface area contributed by atoms with Gasteiger partial charge in [0.1, 0.15) is 17.1 Å². The van der Waals surface area contributed by atoms with Crippen molar-refractivity contribution in [2.24, 2.45) is 0 Å². The van der Waals surface area contributed by atoms with E-state index in [0.29, 0.717) is 26.8 Å². The van der Waals surface area contributed by atoms with Gasteiger partial charge >= 0.3 is 6.18 Å². The molecule has 0 saturated heterocycles. The zero-order valence-corrected chi connectivity index (χ0v) is 17.3. The highest BCUT2D eigenvalue weighted by atomic mass is 32.2. The standard InChI is InChI=1S/C25H15F3N2OS/c26-25(27,28)18-12-7-13-19(14-18)32-24-21-20(16-8-3-1-4-9-16)22(17-10-5-2-6-11-17)31-23(21)29-15-30-24/h1-15H. The lowest BCUT2D eigenvalue weighted by molar-refractivity contribution is -0.137. The second-order valence-electron chi connectivity index (χ2n) is 7.02. The van der Waals surface area contributed by atoms with E-state index in [1.807, 2.05) is 60.7 Å². The molecule has 5 rings (SSSR count). The third kappa shape index (κ3) is 3.87. The summed E-state index contributed by atoms with van der Waals surface area (Å²) in [6, 6.07) is 24.5. The number of fused-ring (bicyclic) bond motifs is 1. The van der Waals surface area contributed by atoms with Crippen LogP contribution in [-0.2, 0) is 6.18 Å². The number of nitrogens with zero attached hydrogens (tertiary/aromatic N) is 2. The van der Waals surface area contributed by atoms with Crippen molar-refractivity contribution in [1.29, 1.82) is 0 Å². The number of aromatic nitrogens is 2. The summed E-state index contributed by atoms with van der Waals surface area (Å²) in [7, 11) is 0. The van der Waals surface area contributed by atoms with E-state index >= 15 is 0 Å². The van der Waals surface area contributed by atoms with Gasteiger partial charge in [-0.25, -0.2) is 9.97 Å². The Morgan fingerprint density at radius 1 is 0.750 bits per heavy atom. The highest BCUT2D eigenvalue weighted by Crippen LogP contribution is 2.44. The molecule has 0 aliphatic carbocycles. The van der Waals surface area contributed by atoms with Gasteiger partial charge in [0, 0.05) is 16.0 Å². The topological polar surface area (TPSA) is 38.9 Å². The van der Waals surface area contributed by atoms with Gasteiger partial charge in [0.2, 0.25) is 5.71 Å². The lowest BCUT2D eigenvalue weighted by atomic mass is 10.00. The van der Waals surface area contributed by atoms with Crippen LogP contribution < -0.4 is 0 Å². The SMILES string of the molecule is FC(F)(F)c1cccc(Sc2ncnc3oc(-c4ccccc4)c(-c4ccccc4)c23)c1. The van der Waals surface area contributed by atoms with E-state index < -0.39 is 11.7 Å². The Hall–Kier alpha value is -3.58. The predicted molar refractivity (Wildman–Crippen MR) is 118 cm³/mol. The number of furan rings is 1. The molecule has 0 N–H and O–H groups in total. The van der Waals surface area contributed by atoms with E-state index in [2.05, 4.69) is 9.97 Å². The van der Waals surface area contributed by atoms with Crippen molar-refractivity contribution in [3.63, 3.8) is 0 Å². The van der Waals surface area contributed by atoms with Crippen molar-refractivity contribution in [3.05, 3.63) is 96.8 Å². The maximum absolute atomic E-state index is 13.2. The summed E-state index contributed by atoms with van der Waals surface area (Å²) in [6.45, 7) is 0. The third-order valence-corrected chi connectivity index (χ3v) is 5.92. The lowest BCUT2D eigenvalue weighted by Crippen LogP contribution is -2.04. The number of hydrogen-bond donors (Lipinski definition) is 0. The first-order valence-corrected chi connectivity index (χ1v) is 10.6. The highest BCUT2D eigenvalue weighted by molar-refractivity contribution is 7.99. The summed E-state index contributed by atoms with van der Waals surface area (Å²) in [6.07, 6.45) is -3.05. The van der Waals surface area contributed by atoms with Gasteiger partial charge < -0.3 is 4.42 Å². The first-order valence-electron chi connectivity index (χ1n) is 9.74. The third-order valence-electron chi connectivity index (χ3n) is 4.93. The second-order valence-corrected chi connectivity index (χ2v) is 8.09. The quantitative estimate of drug-likeness (QED) is 0.264. The maximum atomic E-state index is 13.2. The van der Waals surface area contributed by atoms with Crippen molar-refractivity contribution >= 4 is 22.9 Å². The van der Waals surface area contributed by atoms with Crippen LogP contribution >= 0.6 is 11.8 Å². The Morgan fingerprint density at radius 3 is 2.12 bits per heavy atom. The van der Waals surface area contributed by atoms with E-state index in [0.717, 1.165) is 40.6 Å². The summed E-state index contributed by atoms with van der Waals surface area (Å²) in [4.78, 5) is 9.13. The molecule has 2 heterocycles. The van der Waals surface area contributed by atoms with Gasteiger partial charge in [-0.3, -0.25) is 0 Å². The van der Waals surface area contributed by atoms with Crippen LogP contribution in [0.4, 0.5) is 13.2 Å². The monoisotopic (exact) mass is 448 g/mol. The molecule has 32 heavy (non-hydrogen) atoms. The molecule has 0 saturated carbocycles. The van der Waals surface area contributed by atoms with Gasteiger partial charge in [-0.05, 0) is 23.8 Å². The molecule has 3 aromatic carbocycles. The molecule has 0 aliphatic rings. The van der Waals surface area contributed by atoms with Crippen LogP contribution in [0.3, 0.4) is 0 Å². The summed E-state index contributed by atoms with van der Waals surface area (Å²) < 4.78 is 45.7. The zero-order valence-electron chi connectivity index (χ0n) is 16.5. The number of alkyl halides is 3. The van der Waals surface area contributed by atoms with Gasteiger partial charge in [-0.2, -0.15) is 13.2 Å². The Bertz CT molecular complexity index is 1380. The van der Waals surface area contributed by atoms with Crippen molar-refractivity contribution in [2.45, 2.75) is 16.1 Å². The Balaban J connectivity index is 1.71. The molecule has 5 aromatic rings. The predicted octanol–water partition coefficient (Wildman–Crippen LogP) is 7.73. The fourth-order valence-corrected chi connectivity index (χ4v) is 4.45. The molecule has 0 unspecified atom stereocenters. The average molecular weight is 448 g/mol. The minimum absolute atomic E-state index is 0.382. The molecule has 0 radical (unpaired) electrons. The van der Waals surface area contributed by atoms with Crippen LogP contribution in [0.2, 0.25) is 0 Å². The van der Waals surface area contributed by atoms with Crippen LogP contribution in [0, 0.1) is 0 Å². The Labute approximate surface area is 186 Å². The number of halogens is 3. The molecule has 0 atom stereocenters. The molecule has 0 spiro atoms. The van der Waals surface area contributed by atoms with Crippen molar-refractivity contribution in [3.8, 4) is 22.5 Å². The van der Waals surface area contributed by atoms with Crippen LogP contribution in [0.25, 0.3) is 33.6 Å². The van der Waals surface area contributed by atoms with Crippen LogP contribution in [-0.4, -0.2) is 9.97 Å². The number of rotatable bonds is 4. The van der Waals surface area contributed by atoms with Gasteiger partial charge in [0.15, 0.2) is 0 Å². The molecule has 2 aromatic heterocycles. The smallest absolute Gasteiger partial charge is 0.416 e. The lowest BCUT2D eigenvalue weighted by Gasteiger charge is -2.09. The normalized spacial score (nSPS) is 11.7. The highest BCUT2D eigenvalue weighted by Gasteiger charge is 2.30. The molecule has 158 valence electrons. The molecule has 0 aliphatic heterocycles. The second kappa shape index (κ2) is 8.16. The van der Waals surface area contributed by atoms with Crippen molar-refractivity contribution in [1.82, 2.24) is 9.97 Å². The van der Waals surface area contributed by atoms with Gasteiger partial charge in [-0.15, -0.1) is 0 Å². The van der Waals surface area contributed by atoms with Crippen LogP contribution in [0.15, 0.2) is 106 Å². The summed E-state index contributed by atoms with van der Waals surface area (Å²) in [5.41, 5.74) is 2.27. The van der Waals surface area contributed by atoms with Gasteiger partial charge in [0.25, 0.3) is 0 Å². The first kappa shape index (κ1) is 20.3. The van der Waals surface area contributed by atoms with E-state index in [1.54, 1.807) is 6.07 Å². The zero-order chi connectivity index (χ0) is 22.1. The van der Waals surface area contributed by atoms with Crippen LogP contribution in [0.1, 0.15) is 5.56 Å². The molecule has 3 nitrogen and oxygen atoms in total. The molecular weight excluding hydrogens is 433 g/mol. The molecular formula is C25H15F3N2OS. The van der Waals surface area contributed by atoms with Gasteiger partial charge in [-0.1, -0.05) is 78.5 Å². The molecule has 0 bridgehead atoms. The maximum Gasteiger partial charge on any atom is 0.416 e. The first-order chi connectivity index (χ1) is 15.5. The fraction of sp³-hybridized carbons (Fsp3) is 0.0400. The largest absolute Gasteiger partial charge is 0.437 e. The van der Waals surface area contributed by atoms with Gasteiger partial charge in [0.05, 0.1) is 10.9 Å². The number of hydrogen-bond acceptors (Lipinski definition) is 4. The summed E-state index contributed by atoms with van der Waals surface area (Å²) in [5.74, 6) is 0.637. The van der Waals surface area contributed by atoms with E-state index in [9.17, 15) is 13.2 Å². The van der Waals surface area contributed by atoms with E-state index in [4.69, 9.17) is 4.42 Å². The molecule has 7 heteroatoms. The minimum Gasteiger partial charge on any atom is -0.437 e. The Morgan fingerprint density at radius 2 is 1.44 bits per heavy atom. The van der Waals surface area contributed by atoms with Crippen molar-refractivity contribution < 1.29 is 17.6 Å². The summed E-state index contributed by atoms with van der Waals surface area (Å²) in [5, 5.41) is 1.19. The minimum atomic E-state index is -4.41. The van der Waals surface area contributed by atoms with Crippen LogP contribution in [0.5, 0.6) is 0 Å². The fourth-order valence-electron chi connectivity index (χ4n) is 3.50.